The van der Waals surface area contributed by atoms with E-state index in [0.29, 0.717) is 19.4 Å². The van der Waals surface area contributed by atoms with Crippen LogP contribution in [0.1, 0.15) is 32.3 Å². The van der Waals surface area contributed by atoms with Crippen molar-refractivity contribution in [1.29, 1.82) is 0 Å². The Balaban J connectivity index is 2.69. The summed E-state index contributed by atoms with van der Waals surface area (Å²) >= 11 is 0. The molecule has 0 heterocycles. The van der Waals surface area contributed by atoms with Crippen LogP contribution in [0.15, 0.2) is 18.2 Å². The lowest BCUT2D eigenvalue weighted by molar-refractivity contribution is -0.387. The van der Waals surface area contributed by atoms with Crippen LogP contribution < -0.4 is 5.32 Å². The van der Waals surface area contributed by atoms with Crippen molar-refractivity contribution in [3.8, 4) is 0 Å². The fourth-order valence-corrected chi connectivity index (χ4v) is 1.77. The SMILES string of the molecule is CCC(O)(CC)CNCc1cccc([N+](=O)[O-])c1F. The number of benzene rings is 1. The molecule has 0 atom stereocenters. The molecular weight excluding hydrogens is 251 g/mol. The first kappa shape index (κ1) is 15.5. The number of hydrogen-bond donors (Lipinski definition) is 2. The van der Waals surface area contributed by atoms with E-state index in [-0.39, 0.29) is 12.1 Å². The Morgan fingerprint density at radius 3 is 2.58 bits per heavy atom. The van der Waals surface area contributed by atoms with Gasteiger partial charge in [-0.15, -0.1) is 0 Å². The van der Waals surface area contributed by atoms with Gasteiger partial charge in [0, 0.05) is 24.7 Å². The first-order valence-corrected chi connectivity index (χ1v) is 6.28. The Morgan fingerprint density at radius 1 is 1.42 bits per heavy atom. The third-order valence-electron chi connectivity index (χ3n) is 3.34. The Bertz CT molecular complexity index is 448. The molecule has 0 aliphatic carbocycles. The highest BCUT2D eigenvalue weighted by molar-refractivity contribution is 5.36. The third-order valence-corrected chi connectivity index (χ3v) is 3.34. The summed E-state index contributed by atoms with van der Waals surface area (Å²) in [6.07, 6.45) is 1.18. The molecule has 0 bridgehead atoms. The fourth-order valence-electron chi connectivity index (χ4n) is 1.77. The molecule has 0 radical (unpaired) electrons. The Labute approximate surface area is 111 Å². The number of nitro benzene ring substituents is 1. The van der Waals surface area contributed by atoms with Gasteiger partial charge in [0.1, 0.15) is 0 Å². The molecule has 0 saturated carbocycles. The van der Waals surface area contributed by atoms with Gasteiger partial charge in [-0.05, 0) is 12.8 Å². The van der Waals surface area contributed by atoms with Crippen molar-refractivity contribution in [3.63, 3.8) is 0 Å². The molecule has 19 heavy (non-hydrogen) atoms. The van der Waals surface area contributed by atoms with E-state index in [1.54, 1.807) is 0 Å². The van der Waals surface area contributed by atoms with E-state index in [2.05, 4.69) is 5.32 Å². The largest absolute Gasteiger partial charge is 0.389 e. The smallest absolute Gasteiger partial charge is 0.305 e. The van der Waals surface area contributed by atoms with Crippen molar-refractivity contribution in [2.24, 2.45) is 0 Å². The predicted molar refractivity (Wildman–Crippen MR) is 70.3 cm³/mol. The third kappa shape index (κ3) is 3.97. The van der Waals surface area contributed by atoms with E-state index < -0.39 is 22.0 Å². The molecule has 1 rings (SSSR count). The van der Waals surface area contributed by atoms with Crippen molar-refractivity contribution in [2.45, 2.75) is 38.8 Å². The average molecular weight is 270 g/mol. The lowest BCUT2D eigenvalue weighted by Crippen LogP contribution is -2.39. The second kappa shape index (κ2) is 6.58. The number of aliphatic hydroxyl groups is 1. The van der Waals surface area contributed by atoms with Crippen molar-refractivity contribution in [3.05, 3.63) is 39.7 Å². The van der Waals surface area contributed by atoms with Crippen molar-refractivity contribution in [2.75, 3.05) is 6.54 Å². The van der Waals surface area contributed by atoms with Crippen molar-refractivity contribution in [1.82, 2.24) is 5.32 Å². The summed E-state index contributed by atoms with van der Waals surface area (Å²) in [5.74, 6) is -0.823. The van der Waals surface area contributed by atoms with Crippen LogP contribution >= 0.6 is 0 Å². The van der Waals surface area contributed by atoms with E-state index >= 15 is 0 Å². The summed E-state index contributed by atoms with van der Waals surface area (Å²) < 4.78 is 13.8. The van der Waals surface area contributed by atoms with Crippen LogP contribution in [0.5, 0.6) is 0 Å². The second-order valence-corrected chi connectivity index (χ2v) is 4.54. The van der Waals surface area contributed by atoms with Gasteiger partial charge < -0.3 is 10.4 Å². The number of nitro groups is 1. The molecule has 1 aromatic carbocycles. The van der Waals surface area contributed by atoms with Gasteiger partial charge in [0.05, 0.1) is 10.5 Å². The summed E-state index contributed by atoms with van der Waals surface area (Å²) in [5.41, 5.74) is -1.12. The van der Waals surface area contributed by atoms with E-state index in [1.807, 2.05) is 13.8 Å². The molecule has 1 aromatic rings. The zero-order chi connectivity index (χ0) is 14.5. The summed E-state index contributed by atoms with van der Waals surface area (Å²) in [6.45, 7) is 4.22. The number of rotatable bonds is 7. The standard InChI is InChI=1S/C13H19FN2O3/c1-3-13(17,4-2)9-15-8-10-6-5-7-11(12(10)14)16(18)19/h5-7,15,17H,3-4,8-9H2,1-2H3. The zero-order valence-corrected chi connectivity index (χ0v) is 11.1. The molecular formula is C13H19FN2O3. The van der Waals surface area contributed by atoms with Gasteiger partial charge in [-0.2, -0.15) is 4.39 Å². The molecule has 0 saturated heterocycles. The van der Waals surface area contributed by atoms with Gasteiger partial charge >= 0.3 is 5.69 Å². The number of nitrogens with zero attached hydrogens (tertiary/aromatic N) is 1. The minimum Gasteiger partial charge on any atom is -0.389 e. The van der Waals surface area contributed by atoms with E-state index in [0.717, 1.165) is 6.07 Å². The van der Waals surface area contributed by atoms with Crippen LogP contribution in [0.3, 0.4) is 0 Å². The minimum absolute atomic E-state index is 0.149. The van der Waals surface area contributed by atoms with E-state index in [9.17, 15) is 19.6 Å². The Hall–Kier alpha value is -1.53. The van der Waals surface area contributed by atoms with Crippen LogP contribution in [0.25, 0.3) is 0 Å². The summed E-state index contributed by atoms with van der Waals surface area (Å²) in [7, 11) is 0. The molecule has 106 valence electrons. The molecule has 0 aromatic heterocycles. The predicted octanol–water partition coefficient (Wildman–Crippen LogP) is 2.37. The molecule has 0 spiro atoms. The molecule has 0 aliphatic heterocycles. The van der Waals surface area contributed by atoms with Crippen LogP contribution in [0.4, 0.5) is 10.1 Å². The molecule has 2 N–H and O–H groups in total. The van der Waals surface area contributed by atoms with Gasteiger partial charge in [-0.1, -0.05) is 26.0 Å². The molecule has 0 fully saturated rings. The van der Waals surface area contributed by atoms with Gasteiger partial charge in [-0.25, -0.2) is 0 Å². The maximum Gasteiger partial charge on any atom is 0.305 e. The normalized spacial score (nSPS) is 11.6. The minimum atomic E-state index is -0.823. The van der Waals surface area contributed by atoms with Gasteiger partial charge in [0.15, 0.2) is 0 Å². The highest BCUT2D eigenvalue weighted by atomic mass is 19.1. The molecule has 0 aliphatic rings. The van der Waals surface area contributed by atoms with Crippen LogP contribution in [0, 0.1) is 15.9 Å². The first-order valence-electron chi connectivity index (χ1n) is 6.28. The average Bonchev–Trinajstić information content (AvgIpc) is 2.40. The monoisotopic (exact) mass is 270 g/mol. The van der Waals surface area contributed by atoms with E-state index in [4.69, 9.17) is 0 Å². The number of nitrogens with one attached hydrogen (secondary N) is 1. The molecule has 5 nitrogen and oxygen atoms in total. The topological polar surface area (TPSA) is 75.4 Å². The van der Waals surface area contributed by atoms with Crippen molar-refractivity contribution >= 4 is 5.69 Å². The van der Waals surface area contributed by atoms with Crippen LogP contribution in [-0.2, 0) is 6.54 Å². The fraction of sp³-hybridized carbons (Fsp3) is 0.538. The summed E-state index contributed by atoms with van der Waals surface area (Å²) in [6, 6.07) is 4.07. The van der Waals surface area contributed by atoms with Gasteiger partial charge in [-0.3, -0.25) is 10.1 Å². The maximum absolute atomic E-state index is 13.8. The van der Waals surface area contributed by atoms with Gasteiger partial charge in [0.2, 0.25) is 5.82 Å². The quantitative estimate of drug-likeness (QED) is 0.589. The van der Waals surface area contributed by atoms with Crippen molar-refractivity contribution < 1.29 is 14.4 Å². The lowest BCUT2D eigenvalue weighted by atomic mass is 9.97. The highest BCUT2D eigenvalue weighted by Gasteiger charge is 2.22. The molecule has 0 amide bonds. The highest BCUT2D eigenvalue weighted by Crippen LogP contribution is 2.20. The Kier molecular flexibility index (Phi) is 5.38. The molecule has 0 unspecified atom stereocenters. The van der Waals surface area contributed by atoms with Crippen LogP contribution in [0.2, 0.25) is 0 Å². The summed E-state index contributed by atoms with van der Waals surface area (Å²) in [5, 5.41) is 23.6. The van der Waals surface area contributed by atoms with Crippen LogP contribution in [-0.4, -0.2) is 22.2 Å². The number of halogens is 1. The molecule has 6 heteroatoms. The first-order chi connectivity index (χ1) is 8.93. The Morgan fingerprint density at radius 2 is 2.05 bits per heavy atom. The van der Waals surface area contributed by atoms with E-state index in [1.165, 1.54) is 12.1 Å². The summed E-state index contributed by atoms with van der Waals surface area (Å²) in [4.78, 5) is 9.86. The lowest BCUT2D eigenvalue weighted by Gasteiger charge is -2.25. The van der Waals surface area contributed by atoms with Gasteiger partial charge in [0.25, 0.3) is 0 Å². The maximum atomic E-state index is 13.8. The number of hydrogen-bond acceptors (Lipinski definition) is 4. The zero-order valence-electron chi connectivity index (χ0n) is 11.1. The second-order valence-electron chi connectivity index (χ2n) is 4.54.